The largest absolute Gasteiger partial charge is 0.497 e. The summed E-state index contributed by atoms with van der Waals surface area (Å²) in [6.07, 6.45) is 1.40. The molecule has 1 fully saturated rings. The van der Waals surface area contributed by atoms with Crippen molar-refractivity contribution in [3.05, 3.63) is 47.5 Å². The first-order valence-electron chi connectivity index (χ1n) is 8.69. The number of nitrogens with one attached hydrogen (secondary N) is 1. The smallest absolute Gasteiger partial charge is 0.237 e. The van der Waals surface area contributed by atoms with Gasteiger partial charge in [-0.1, -0.05) is 11.6 Å². The van der Waals surface area contributed by atoms with E-state index in [1.165, 1.54) is 11.8 Å². The van der Waals surface area contributed by atoms with Gasteiger partial charge in [-0.2, -0.15) is 0 Å². The molecule has 0 radical (unpaired) electrons. The van der Waals surface area contributed by atoms with Gasteiger partial charge in [-0.25, -0.2) is 0 Å². The molecule has 27 heavy (non-hydrogen) atoms. The van der Waals surface area contributed by atoms with E-state index in [-0.39, 0.29) is 17.1 Å². The SMILES string of the molecule is COc1ccc(SC(C)C(=O)Nc2cc(N3CCCC3=O)ccc2Cl)cc1. The topological polar surface area (TPSA) is 58.6 Å². The summed E-state index contributed by atoms with van der Waals surface area (Å²) in [5, 5.41) is 3.01. The summed E-state index contributed by atoms with van der Waals surface area (Å²) >= 11 is 7.69. The molecule has 1 heterocycles. The second-order valence-corrected chi connectivity index (χ2v) is 8.06. The number of carbonyl (C=O) groups is 2. The normalized spacial score (nSPS) is 14.9. The molecule has 2 aromatic carbocycles. The molecule has 0 aliphatic carbocycles. The summed E-state index contributed by atoms with van der Waals surface area (Å²) in [4.78, 5) is 27.2. The Morgan fingerprint density at radius 1 is 1.26 bits per heavy atom. The van der Waals surface area contributed by atoms with Crippen molar-refractivity contribution >= 4 is 46.6 Å². The van der Waals surface area contributed by atoms with E-state index in [2.05, 4.69) is 5.32 Å². The molecule has 7 heteroatoms. The van der Waals surface area contributed by atoms with Gasteiger partial charge in [-0.05, 0) is 55.8 Å². The van der Waals surface area contributed by atoms with E-state index in [1.54, 1.807) is 30.2 Å². The molecular weight excluding hydrogens is 384 g/mol. The Kier molecular flexibility index (Phi) is 6.29. The molecule has 3 rings (SSSR count). The number of carbonyl (C=O) groups excluding carboxylic acids is 2. The molecule has 2 aromatic rings. The summed E-state index contributed by atoms with van der Waals surface area (Å²) < 4.78 is 5.14. The van der Waals surface area contributed by atoms with E-state index >= 15 is 0 Å². The van der Waals surface area contributed by atoms with Crippen molar-refractivity contribution in [1.82, 2.24) is 0 Å². The fourth-order valence-electron chi connectivity index (χ4n) is 2.84. The first-order chi connectivity index (χ1) is 13.0. The average Bonchev–Trinajstić information content (AvgIpc) is 3.10. The second-order valence-electron chi connectivity index (χ2n) is 6.24. The fraction of sp³-hybridized carbons (Fsp3) is 0.300. The highest BCUT2D eigenvalue weighted by Crippen LogP contribution is 2.31. The molecule has 1 atom stereocenters. The Bertz CT molecular complexity index is 842. The van der Waals surface area contributed by atoms with Gasteiger partial charge in [0.15, 0.2) is 0 Å². The molecule has 1 saturated heterocycles. The number of ether oxygens (including phenoxy) is 1. The zero-order valence-electron chi connectivity index (χ0n) is 15.2. The third-order valence-corrected chi connectivity index (χ3v) is 5.78. The van der Waals surface area contributed by atoms with Crippen LogP contribution >= 0.6 is 23.4 Å². The molecule has 1 unspecified atom stereocenters. The van der Waals surface area contributed by atoms with Crippen molar-refractivity contribution in [2.45, 2.75) is 29.9 Å². The van der Waals surface area contributed by atoms with Gasteiger partial charge in [0.2, 0.25) is 11.8 Å². The van der Waals surface area contributed by atoms with E-state index < -0.39 is 0 Å². The lowest BCUT2D eigenvalue weighted by molar-refractivity contribution is -0.117. The molecule has 1 aliphatic rings. The van der Waals surface area contributed by atoms with Crippen LogP contribution in [0.4, 0.5) is 11.4 Å². The Labute approximate surface area is 168 Å². The van der Waals surface area contributed by atoms with Crippen molar-refractivity contribution in [2.75, 3.05) is 23.9 Å². The zero-order chi connectivity index (χ0) is 19.4. The standard InChI is InChI=1S/C20H21ClN2O3S/c1-13(27-16-8-6-15(26-2)7-9-16)20(25)22-18-12-14(5-10-17(18)21)23-11-3-4-19(23)24/h5-10,12-13H,3-4,11H2,1-2H3,(H,22,25). The number of hydrogen-bond acceptors (Lipinski definition) is 4. The van der Waals surface area contributed by atoms with Gasteiger partial charge in [0.05, 0.1) is 23.1 Å². The van der Waals surface area contributed by atoms with Gasteiger partial charge in [0, 0.05) is 23.5 Å². The number of nitrogens with zero attached hydrogens (tertiary/aromatic N) is 1. The molecule has 0 bridgehead atoms. The van der Waals surface area contributed by atoms with Crippen LogP contribution in [0.1, 0.15) is 19.8 Å². The minimum absolute atomic E-state index is 0.0954. The number of methoxy groups -OCH3 is 1. The Hall–Kier alpha value is -2.18. The van der Waals surface area contributed by atoms with Crippen LogP contribution in [0.3, 0.4) is 0 Å². The van der Waals surface area contributed by atoms with Gasteiger partial charge in [0.1, 0.15) is 5.75 Å². The Balaban J connectivity index is 1.68. The van der Waals surface area contributed by atoms with Crippen molar-refractivity contribution in [2.24, 2.45) is 0 Å². The lowest BCUT2D eigenvalue weighted by Crippen LogP contribution is -2.25. The lowest BCUT2D eigenvalue weighted by atomic mass is 10.2. The third-order valence-electron chi connectivity index (χ3n) is 4.33. The van der Waals surface area contributed by atoms with Crippen LogP contribution in [0, 0.1) is 0 Å². The molecule has 0 spiro atoms. The van der Waals surface area contributed by atoms with Crippen molar-refractivity contribution in [3.8, 4) is 5.75 Å². The monoisotopic (exact) mass is 404 g/mol. The van der Waals surface area contributed by atoms with Crippen LogP contribution in [-0.2, 0) is 9.59 Å². The van der Waals surface area contributed by atoms with Gasteiger partial charge in [-0.3, -0.25) is 9.59 Å². The maximum absolute atomic E-state index is 12.6. The number of thioether (sulfide) groups is 1. The minimum atomic E-state index is -0.313. The van der Waals surface area contributed by atoms with Crippen LogP contribution < -0.4 is 15.0 Å². The van der Waals surface area contributed by atoms with E-state index in [0.29, 0.717) is 23.7 Å². The summed E-state index contributed by atoms with van der Waals surface area (Å²) in [7, 11) is 1.62. The Morgan fingerprint density at radius 2 is 2.00 bits per heavy atom. The highest BCUT2D eigenvalue weighted by Gasteiger charge is 2.23. The van der Waals surface area contributed by atoms with Crippen LogP contribution in [-0.4, -0.2) is 30.7 Å². The summed E-state index contributed by atoms with van der Waals surface area (Å²) in [5.74, 6) is 0.720. The minimum Gasteiger partial charge on any atom is -0.497 e. The highest BCUT2D eigenvalue weighted by molar-refractivity contribution is 8.00. The number of hydrogen-bond donors (Lipinski definition) is 1. The van der Waals surface area contributed by atoms with Gasteiger partial charge >= 0.3 is 0 Å². The summed E-state index contributed by atoms with van der Waals surface area (Å²) in [6, 6.07) is 12.8. The van der Waals surface area contributed by atoms with Gasteiger partial charge in [-0.15, -0.1) is 11.8 Å². The number of anilines is 2. The van der Waals surface area contributed by atoms with Crippen molar-refractivity contribution in [1.29, 1.82) is 0 Å². The van der Waals surface area contributed by atoms with Crippen molar-refractivity contribution in [3.63, 3.8) is 0 Å². The van der Waals surface area contributed by atoms with Gasteiger partial charge in [0.25, 0.3) is 0 Å². The predicted molar refractivity (Wildman–Crippen MR) is 110 cm³/mol. The molecule has 2 amide bonds. The zero-order valence-corrected chi connectivity index (χ0v) is 16.8. The first kappa shape index (κ1) is 19.6. The fourth-order valence-corrected chi connectivity index (χ4v) is 3.88. The highest BCUT2D eigenvalue weighted by atomic mass is 35.5. The molecule has 1 aliphatic heterocycles. The van der Waals surface area contributed by atoms with Crippen molar-refractivity contribution < 1.29 is 14.3 Å². The van der Waals surface area contributed by atoms with Crippen LogP contribution in [0.5, 0.6) is 5.75 Å². The molecular formula is C20H21ClN2O3S. The van der Waals surface area contributed by atoms with E-state index in [4.69, 9.17) is 16.3 Å². The Morgan fingerprint density at radius 3 is 2.63 bits per heavy atom. The number of amides is 2. The second kappa shape index (κ2) is 8.67. The first-order valence-corrected chi connectivity index (χ1v) is 9.95. The predicted octanol–water partition coefficient (Wildman–Crippen LogP) is 4.59. The third kappa shape index (κ3) is 4.76. The number of benzene rings is 2. The van der Waals surface area contributed by atoms with Gasteiger partial charge < -0.3 is 15.0 Å². The maximum atomic E-state index is 12.6. The van der Waals surface area contributed by atoms with Crippen LogP contribution in [0.15, 0.2) is 47.4 Å². The van der Waals surface area contributed by atoms with Crippen LogP contribution in [0.25, 0.3) is 0 Å². The average molecular weight is 405 g/mol. The lowest BCUT2D eigenvalue weighted by Gasteiger charge is -2.18. The quantitative estimate of drug-likeness (QED) is 0.715. The molecule has 0 aromatic heterocycles. The molecule has 142 valence electrons. The van der Waals surface area contributed by atoms with E-state index in [9.17, 15) is 9.59 Å². The van der Waals surface area contributed by atoms with E-state index in [0.717, 1.165) is 22.8 Å². The maximum Gasteiger partial charge on any atom is 0.237 e. The van der Waals surface area contributed by atoms with E-state index in [1.807, 2.05) is 31.2 Å². The number of rotatable bonds is 6. The molecule has 1 N–H and O–H groups in total. The van der Waals surface area contributed by atoms with Crippen LogP contribution in [0.2, 0.25) is 5.02 Å². The molecule has 5 nitrogen and oxygen atoms in total. The number of halogens is 1. The molecule has 0 saturated carbocycles. The summed E-state index contributed by atoms with van der Waals surface area (Å²) in [6.45, 7) is 2.53. The summed E-state index contributed by atoms with van der Waals surface area (Å²) in [5.41, 5.74) is 1.27.